The van der Waals surface area contributed by atoms with Gasteiger partial charge >= 0.3 is 0 Å². The molecule has 6 aromatic rings. The quantitative estimate of drug-likeness (QED) is 0.142. The first-order valence-electron chi connectivity index (χ1n) is 16.2. The number of fused-ring (bicyclic) bond motifs is 2. The molecule has 3 N–H and O–H groups in total. The van der Waals surface area contributed by atoms with E-state index in [1.165, 1.54) is 31.4 Å². The topological polar surface area (TPSA) is 112 Å². The molecule has 1 aliphatic rings. The number of amides is 1. The van der Waals surface area contributed by atoms with E-state index in [1.54, 1.807) is 18.6 Å². The molecule has 0 unspecified atom stereocenters. The van der Waals surface area contributed by atoms with Gasteiger partial charge in [0.1, 0.15) is 23.9 Å². The van der Waals surface area contributed by atoms with Crippen LogP contribution in [0.25, 0.3) is 55.6 Å². The van der Waals surface area contributed by atoms with Crippen molar-refractivity contribution >= 4 is 33.4 Å². The molecule has 1 fully saturated rings. The van der Waals surface area contributed by atoms with Crippen LogP contribution in [0, 0.1) is 11.7 Å². The molecule has 0 saturated heterocycles. The van der Waals surface area contributed by atoms with E-state index in [2.05, 4.69) is 30.5 Å². The number of pyridine rings is 2. The molecule has 0 spiro atoms. The fraction of sp³-hybridized carbons (Fsp3) is 0.297. The van der Waals surface area contributed by atoms with Gasteiger partial charge in [0.05, 0.1) is 35.0 Å². The maximum Gasteiger partial charge on any atom is 0.224 e. The number of anilines is 1. The summed E-state index contributed by atoms with van der Waals surface area (Å²) in [5.74, 6) is 0.634. The summed E-state index contributed by atoms with van der Waals surface area (Å²) in [4.78, 5) is 27.3. The number of halogens is 1. The number of nitrogens with one attached hydrogen (secondary N) is 3. The largest absolute Gasteiger partial charge is 0.492 e. The van der Waals surface area contributed by atoms with Gasteiger partial charge in [0, 0.05) is 47.1 Å². The Morgan fingerprint density at radius 1 is 0.979 bits per heavy atom. The molecule has 0 bridgehead atoms. The number of benzene rings is 2. The number of hydrogen-bond acceptors (Lipinski definition) is 6. The molecule has 0 atom stereocenters. The molecule has 4 heterocycles. The number of ether oxygens (including phenoxy) is 1. The summed E-state index contributed by atoms with van der Waals surface area (Å²) in [7, 11) is 3.94. The van der Waals surface area contributed by atoms with E-state index in [1.807, 2.05) is 61.5 Å². The van der Waals surface area contributed by atoms with Crippen molar-refractivity contribution in [2.75, 3.05) is 32.6 Å². The molecule has 10 heteroatoms. The standard InChI is InChI=1S/C37H38FN7O2/c1-45(2)11-12-47-28-16-24(14-26(38)17-28)29-9-6-10-32-30(29)18-34(42-32)37-31-19-33(40-22-35(31)43-44-37)25-15-27(21-39-20-25)41-36(46)13-23-7-4-3-5-8-23/h6,9-10,14-23,42H,3-5,7-8,11-13H2,1-2H3,(H,41,46)(H,43,44). The van der Waals surface area contributed by atoms with E-state index in [-0.39, 0.29) is 11.7 Å². The van der Waals surface area contributed by atoms with E-state index in [0.717, 1.165) is 75.0 Å². The SMILES string of the molecule is CN(C)CCOc1cc(F)cc(-c2cccc3[nH]c(-c4n[nH]c5cnc(-c6cncc(NC(=O)CC7CCCCC7)c6)cc45)cc23)c1. The molecule has 4 aromatic heterocycles. The molecule has 1 aliphatic carbocycles. The second-order valence-electron chi connectivity index (χ2n) is 12.7. The van der Waals surface area contributed by atoms with Gasteiger partial charge in [-0.1, -0.05) is 31.4 Å². The number of likely N-dealkylation sites (N-methyl/N-ethyl adjacent to an activating group) is 1. The number of hydrogen-bond donors (Lipinski definition) is 3. The predicted molar refractivity (Wildman–Crippen MR) is 184 cm³/mol. The van der Waals surface area contributed by atoms with E-state index in [9.17, 15) is 9.18 Å². The Balaban J connectivity index is 1.16. The van der Waals surface area contributed by atoms with Gasteiger partial charge in [-0.05, 0) is 80.4 Å². The number of carbonyl (C=O) groups is 1. The van der Waals surface area contributed by atoms with Crippen LogP contribution < -0.4 is 10.1 Å². The lowest BCUT2D eigenvalue weighted by atomic mass is 9.87. The van der Waals surface area contributed by atoms with Crippen LogP contribution in [-0.4, -0.2) is 63.2 Å². The molecule has 9 nitrogen and oxygen atoms in total. The molecule has 47 heavy (non-hydrogen) atoms. The monoisotopic (exact) mass is 631 g/mol. The Bertz CT molecular complexity index is 2040. The Hall–Kier alpha value is -5.09. The van der Waals surface area contributed by atoms with Crippen molar-refractivity contribution in [3.8, 4) is 39.5 Å². The molecule has 1 saturated carbocycles. The van der Waals surface area contributed by atoms with E-state index >= 15 is 0 Å². The van der Waals surface area contributed by atoms with Crippen molar-refractivity contribution in [1.82, 2.24) is 30.0 Å². The second kappa shape index (κ2) is 13.3. The number of aromatic nitrogens is 5. The molecule has 0 radical (unpaired) electrons. The van der Waals surface area contributed by atoms with Gasteiger partial charge in [-0.2, -0.15) is 5.10 Å². The van der Waals surface area contributed by atoms with E-state index < -0.39 is 0 Å². The zero-order valence-electron chi connectivity index (χ0n) is 26.6. The average Bonchev–Trinajstić information content (AvgIpc) is 3.69. The van der Waals surface area contributed by atoms with Gasteiger partial charge in [0.25, 0.3) is 0 Å². The van der Waals surface area contributed by atoms with E-state index in [4.69, 9.17) is 4.74 Å². The minimum Gasteiger partial charge on any atom is -0.492 e. The highest BCUT2D eigenvalue weighted by Gasteiger charge is 2.18. The molecule has 7 rings (SSSR count). The van der Waals surface area contributed by atoms with Crippen molar-refractivity contribution < 1.29 is 13.9 Å². The maximum atomic E-state index is 14.7. The third kappa shape index (κ3) is 6.88. The first-order chi connectivity index (χ1) is 22.9. The number of rotatable bonds is 10. The van der Waals surface area contributed by atoms with Gasteiger partial charge < -0.3 is 19.9 Å². The van der Waals surface area contributed by atoms with Gasteiger partial charge in [0.2, 0.25) is 5.91 Å². The zero-order valence-corrected chi connectivity index (χ0v) is 26.6. The minimum atomic E-state index is -0.351. The summed E-state index contributed by atoms with van der Waals surface area (Å²) < 4.78 is 20.6. The lowest BCUT2D eigenvalue weighted by molar-refractivity contribution is -0.117. The molecule has 1 amide bonds. The number of aromatic amines is 2. The summed E-state index contributed by atoms with van der Waals surface area (Å²) >= 11 is 0. The second-order valence-corrected chi connectivity index (χ2v) is 12.7. The first kappa shape index (κ1) is 30.6. The van der Waals surface area contributed by atoms with Crippen LogP contribution in [0.5, 0.6) is 5.75 Å². The summed E-state index contributed by atoms with van der Waals surface area (Å²) in [6.45, 7) is 1.20. The molecule has 0 aliphatic heterocycles. The number of H-pyrrole nitrogens is 2. The van der Waals surface area contributed by atoms with Gasteiger partial charge in [-0.3, -0.25) is 19.9 Å². The number of carbonyl (C=O) groups excluding carboxylic acids is 1. The zero-order chi connectivity index (χ0) is 32.3. The van der Waals surface area contributed by atoms with Crippen molar-refractivity contribution in [2.24, 2.45) is 5.92 Å². The lowest BCUT2D eigenvalue weighted by Crippen LogP contribution is -2.19. The highest BCUT2D eigenvalue weighted by molar-refractivity contribution is 6.01. The Labute approximate surface area is 272 Å². The van der Waals surface area contributed by atoms with Gasteiger partial charge in [-0.15, -0.1) is 0 Å². The third-order valence-corrected chi connectivity index (χ3v) is 8.87. The van der Waals surface area contributed by atoms with Crippen molar-refractivity contribution in [3.05, 3.63) is 79.0 Å². The van der Waals surface area contributed by atoms with Crippen molar-refractivity contribution in [2.45, 2.75) is 38.5 Å². The van der Waals surface area contributed by atoms with Crippen LogP contribution in [-0.2, 0) is 4.79 Å². The van der Waals surface area contributed by atoms with Gasteiger partial charge in [-0.25, -0.2) is 4.39 Å². The van der Waals surface area contributed by atoms with Gasteiger partial charge in [0.15, 0.2) is 0 Å². The van der Waals surface area contributed by atoms with Crippen molar-refractivity contribution in [3.63, 3.8) is 0 Å². The fourth-order valence-corrected chi connectivity index (χ4v) is 6.48. The molecule has 240 valence electrons. The highest BCUT2D eigenvalue weighted by Crippen LogP contribution is 2.36. The molecule has 2 aromatic carbocycles. The van der Waals surface area contributed by atoms with Crippen LogP contribution in [0.15, 0.2) is 73.2 Å². The Morgan fingerprint density at radius 3 is 2.70 bits per heavy atom. The smallest absolute Gasteiger partial charge is 0.224 e. The summed E-state index contributed by atoms with van der Waals surface area (Å²) in [6.07, 6.45) is 11.7. The normalized spacial score (nSPS) is 13.9. The summed E-state index contributed by atoms with van der Waals surface area (Å²) in [5, 5.41) is 12.6. The number of nitrogens with zero attached hydrogens (tertiary/aromatic N) is 4. The maximum absolute atomic E-state index is 14.7. The molecular weight excluding hydrogens is 593 g/mol. The van der Waals surface area contributed by atoms with Crippen LogP contribution in [0.4, 0.5) is 10.1 Å². The van der Waals surface area contributed by atoms with Crippen LogP contribution >= 0.6 is 0 Å². The average molecular weight is 632 g/mol. The first-order valence-corrected chi connectivity index (χ1v) is 16.2. The van der Waals surface area contributed by atoms with Crippen LogP contribution in [0.1, 0.15) is 38.5 Å². The van der Waals surface area contributed by atoms with Crippen LogP contribution in [0.2, 0.25) is 0 Å². The Morgan fingerprint density at radius 2 is 1.85 bits per heavy atom. The van der Waals surface area contributed by atoms with Crippen LogP contribution in [0.3, 0.4) is 0 Å². The fourth-order valence-electron chi connectivity index (χ4n) is 6.48. The highest BCUT2D eigenvalue weighted by atomic mass is 19.1. The van der Waals surface area contributed by atoms with Crippen molar-refractivity contribution in [1.29, 1.82) is 0 Å². The predicted octanol–water partition coefficient (Wildman–Crippen LogP) is 7.82. The summed E-state index contributed by atoms with van der Waals surface area (Å²) in [5.41, 5.74) is 7.04. The Kier molecular flexibility index (Phi) is 8.67. The minimum absolute atomic E-state index is 0.0286. The van der Waals surface area contributed by atoms with E-state index in [0.29, 0.717) is 30.4 Å². The summed E-state index contributed by atoms with van der Waals surface area (Å²) in [6, 6.07) is 16.7. The molecular formula is C37H38FN7O2. The lowest BCUT2D eigenvalue weighted by Gasteiger charge is -2.20. The third-order valence-electron chi connectivity index (χ3n) is 8.87.